The van der Waals surface area contributed by atoms with Crippen molar-refractivity contribution in [1.29, 1.82) is 0 Å². The molecule has 0 heterocycles. The van der Waals surface area contributed by atoms with Crippen LogP contribution < -0.4 is 5.73 Å². The van der Waals surface area contributed by atoms with Crippen molar-refractivity contribution >= 4 is 17.6 Å². The predicted molar refractivity (Wildman–Crippen MR) is 55.9 cm³/mol. The number of alkyl halides is 3. The van der Waals surface area contributed by atoms with E-state index in [4.69, 9.17) is 22.4 Å². The molecule has 0 saturated carbocycles. The molecule has 7 heteroatoms. The summed E-state index contributed by atoms with van der Waals surface area (Å²) in [5.41, 5.74) is 4.39. The summed E-state index contributed by atoms with van der Waals surface area (Å²) >= 11 is 5.63. The molecule has 0 spiro atoms. The summed E-state index contributed by atoms with van der Waals surface area (Å²) in [7, 11) is 0. The Labute approximate surface area is 100.0 Å². The highest BCUT2D eigenvalue weighted by Crippen LogP contribution is 2.34. The molecule has 0 aliphatic heterocycles. The predicted octanol–water partition coefficient (Wildman–Crippen LogP) is 2.49. The van der Waals surface area contributed by atoms with Gasteiger partial charge in [-0.25, -0.2) is 0 Å². The quantitative estimate of drug-likeness (QED) is 0.884. The van der Waals surface area contributed by atoms with Crippen LogP contribution in [0.2, 0.25) is 5.02 Å². The van der Waals surface area contributed by atoms with E-state index in [2.05, 4.69) is 0 Å². The standard InChI is InChI=1S/C10H9ClF3NO2/c11-8-3-5(10(12,13)14)1-2-6(8)7(4-15)9(16)17/h1-3,7H,4,15H2,(H,16,17). The van der Waals surface area contributed by atoms with Crippen LogP contribution in [0.3, 0.4) is 0 Å². The Morgan fingerprint density at radius 2 is 2.06 bits per heavy atom. The maximum atomic E-state index is 12.3. The Kier molecular flexibility index (Phi) is 4.00. The Morgan fingerprint density at radius 3 is 2.41 bits per heavy atom. The van der Waals surface area contributed by atoms with Gasteiger partial charge in [-0.05, 0) is 17.7 Å². The van der Waals surface area contributed by atoms with Crippen LogP contribution >= 0.6 is 11.6 Å². The first-order valence-corrected chi connectivity index (χ1v) is 4.94. The molecule has 1 atom stereocenters. The van der Waals surface area contributed by atoms with E-state index in [-0.39, 0.29) is 17.1 Å². The lowest BCUT2D eigenvalue weighted by molar-refractivity contribution is -0.138. The van der Waals surface area contributed by atoms with Crippen LogP contribution in [0.1, 0.15) is 17.0 Å². The summed E-state index contributed by atoms with van der Waals surface area (Å²) in [5, 5.41) is 8.57. The van der Waals surface area contributed by atoms with Gasteiger partial charge < -0.3 is 10.8 Å². The molecule has 1 unspecified atom stereocenters. The minimum Gasteiger partial charge on any atom is -0.481 e. The largest absolute Gasteiger partial charge is 0.481 e. The zero-order chi connectivity index (χ0) is 13.2. The van der Waals surface area contributed by atoms with E-state index in [1.54, 1.807) is 0 Å². The van der Waals surface area contributed by atoms with Crippen molar-refractivity contribution in [3.8, 4) is 0 Å². The molecule has 0 aromatic heterocycles. The van der Waals surface area contributed by atoms with Crippen LogP contribution in [0.5, 0.6) is 0 Å². The molecule has 3 nitrogen and oxygen atoms in total. The summed E-state index contributed by atoms with van der Waals surface area (Å²) in [6.45, 7) is -0.236. The number of aliphatic carboxylic acids is 1. The molecule has 0 saturated heterocycles. The summed E-state index contributed by atoms with van der Waals surface area (Å²) in [5.74, 6) is -2.33. The van der Waals surface area contributed by atoms with Gasteiger partial charge in [-0.2, -0.15) is 13.2 Å². The molecule has 0 amide bonds. The average Bonchev–Trinajstić information content (AvgIpc) is 2.19. The molecule has 1 aromatic rings. The molecule has 0 aliphatic rings. The normalized spacial score (nSPS) is 13.5. The SMILES string of the molecule is NCC(C(=O)O)c1ccc(C(F)(F)F)cc1Cl. The van der Waals surface area contributed by atoms with Gasteiger partial charge in [0, 0.05) is 11.6 Å². The molecular weight excluding hydrogens is 259 g/mol. The van der Waals surface area contributed by atoms with Crippen molar-refractivity contribution in [3.05, 3.63) is 34.3 Å². The topological polar surface area (TPSA) is 63.3 Å². The number of halogens is 4. The van der Waals surface area contributed by atoms with Gasteiger partial charge in [0.2, 0.25) is 0 Å². The second-order valence-corrected chi connectivity index (χ2v) is 3.77. The third-order valence-electron chi connectivity index (χ3n) is 2.24. The first-order valence-electron chi connectivity index (χ1n) is 4.57. The number of hydrogen-bond donors (Lipinski definition) is 2. The van der Waals surface area contributed by atoms with Crippen molar-refractivity contribution in [2.45, 2.75) is 12.1 Å². The summed E-state index contributed by atoms with van der Waals surface area (Å²) in [6, 6.07) is 2.52. The number of hydrogen-bond acceptors (Lipinski definition) is 2. The lowest BCUT2D eigenvalue weighted by Gasteiger charge is -2.14. The third-order valence-corrected chi connectivity index (χ3v) is 2.56. The van der Waals surface area contributed by atoms with E-state index in [0.717, 1.165) is 12.1 Å². The fourth-order valence-corrected chi connectivity index (χ4v) is 1.66. The maximum Gasteiger partial charge on any atom is 0.416 e. The van der Waals surface area contributed by atoms with E-state index < -0.39 is 23.6 Å². The zero-order valence-electron chi connectivity index (χ0n) is 8.46. The van der Waals surface area contributed by atoms with Crippen LogP contribution in [0.4, 0.5) is 13.2 Å². The molecule has 0 radical (unpaired) electrons. The minimum atomic E-state index is -4.51. The molecule has 3 N–H and O–H groups in total. The fourth-order valence-electron chi connectivity index (χ4n) is 1.35. The average molecular weight is 268 g/mol. The van der Waals surface area contributed by atoms with Gasteiger partial charge in [0.1, 0.15) is 0 Å². The molecule has 0 bridgehead atoms. The smallest absolute Gasteiger partial charge is 0.416 e. The maximum absolute atomic E-state index is 12.3. The van der Waals surface area contributed by atoms with Crippen LogP contribution in [0, 0.1) is 0 Å². The molecule has 1 rings (SSSR count). The lowest BCUT2D eigenvalue weighted by atomic mass is 9.98. The fraction of sp³-hybridized carbons (Fsp3) is 0.300. The third kappa shape index (κ3) is 3.10. The van der Waals surface area contributed by atoms with Gasteiger partial charge in [0.05, 0.1) is 11.5 Å². The number of rotatable bonds is 3. The van der Waals surface area contributed by atoms with Gasteiger partial charge in [0.25, 0.3) is 0 Å². The van der Waals surface area contributed by atoms with Crippen LogP contribution in [-0.4, -0.2) is 17.6 Å². The lowest BCUT2D eigenvalue weighted by Crippen LogP contribution is -2.21. The number of nitrogens with two attached hydrogens (primary N) is 1. The Morgan fingerprint density at radius 1 is 1.47 bits per heavy atom. The first kappa shape index (κ1) is 13.8. The summed E-state index contributed by atoms with van der Waals surface area (Å²) < 4.78 is 37.0. The summed E-state index contributed by atoms with van der Waals surface area (Å²) in [6.07, 6.45) is -4.51. The second kappa shape index (κ2) is 4.93. The van der Waals surface area contributed by atoms with Crippen LogP contribution in [-0.2, 0) is 11.0 Å². The van der Waals surface area contributed by atoms with Crippen LogP contribution in [0.25, 0.3) is 0 Å². The van der Waals surface area contributed by atoms with Gasteiger partial charge in [0.15, 0.2) is 0 Å². The highest BCUT2D eigenvalue weighted by atomic mass is 35.5. The number of benzene rings is 1. The zero-order valence-corrected chi connectivity index (χ0v) is 9.22. The first-order chi connectivity index (χ1) is 7.77. The van der Waals surface area contributed by atoms with E-state index in [9.17, 15) is 18.0 Å². The summed E-state index contributed by atoms with van der Waals surface area (Å²) in [4.78, 5) is 10.8. The van der Waals surface area contributed by atoms with E-state index in [0.29, 0.717) is 6.07 Å². The van der Waals surface area contributed by atoms with Gasteiger partial charge >= 0.3 is 12.1 Å². The van der Waals surface area contributed by atoms with Gasteiger partial charge in [-0.15, -0.1) is 0 Å². The van der Waals surface area contributed by atoms with E-state index >= 15 is 0 Å². The molecule has 1 aromatic carbocycles. The van der Waals surface area contributed by atoms with Crippen molar-refractivity contribution < 1.29 is 23.1 Å². The van der Waals surface area contributed by atoms with Crippen molar-refractivity contribution in [2.75, 3.05) is 6.54 Å². The molecule has 0 fully saturated rings. The highest BCUT2D eigenvalue weighted by molar-refractivity contribution is 6.31. The monoisotopic (exact) mass is 267 g/mol. The molecule has 0 aliphatic carbocycles. The highest BCUT2D eigenvalue weighted by Gasteiger charge is 2.32. The Balaban J connectivity index is 3.18. The number of carboxylic acid groups (broad SMARTS) is 1. The number of carboxylic acids is 1. The second-order valence-electron chi connectivity index (χ2n) is 3.36. The minimum absolute atomic E-state index is 0.0784. The van der Waals surface area contributed by atoms with Gasteiger partial charge in [-0.3, -0.25) is 4.79 Å². The van der Waals surface area contributed by atoms with Crippen molar-refractivity contribution in [3.63, 3.8) is 0 Å². The molecule has 17 heavy (non-hydrogen) atoms. The van der Waals surface area contributed by atoms with E-state index in [1.165, 1.54) is 0 Å². The number of carbonyl (C=O) groups is 1. The Bertz CT molecular complexity index is 434. The molecule has 94 valence electrons. The Hall–Kier alpha value is -1.27. The van der Waals surface area contributed by atoms with Crippen LogP contribution in [0.15, 0.2) is 18.2 Å². The van der Waals surface area contributed by atoms with E-state index in [1.807, 2.05) is 0 Å². The van der Waals surface area contributed by atoms with Crippen molar-refractivity contribution in [1.82, 2.24) is 0 Å². The van der Waals surface area contributed by atoms with Gasteiger partial charge in [-0.1, -0.05) is 17.7 Å². The molecular formula is C10H9ClF3NO2. The van der Waals surface area contributed by atoms with Crippen molar-refractivity contribution in [2.24, 2.45) is 5.73 Å².